The molecule has 174 valence electrons. The summed E-state index contributed by atoms with van der Waals surface area (Å²) >= 11 is 7.81. The van der Waals surface area contributed by atoms with Gasteiger partial charge in [0.15, 0.2) is 0 Å². The van der Waals surface area contributed by atoms with Gasteiger partial charge in [-0.1, -0.05) is 29.8 Å². The minimum atomic E-state index is -3.56. The number of fused-ring (bicyclic) bond motifs is 1. The second-order valence-corrected chi connectivity index (χ2v) is 12.4. The molecule has 2 aromatic heterocycles. The van der Waals surface area contributed by atoms with E-state index < -0.39 is 10.0 Å². The standard InChI is InChI=1S/C25H23ClN4O2S2/c26-22-9-3-16(17-4-10-23-21(13-17)25(28-15-27-23)29-19-5-6-19)12-18(22)14-30(20-7-8-20)34(31,32)24-2-1-11-33-24/h1-4,9-13,15,19-20H,5-8,14H2,(H,27,28,29). The SMILES string of the molecule is O=S(=O)(c1cccs1)N(Cc1cc(-c2ccc3ncnc(NC4CC4)c3c2)ccc1Cl)C1CC1. The van der Waals surface area contributed by atoms with Crippen LogP contribution in [0.4, 0.5) is 5.82 Å². The van der Waals surface area contributed by atoms with Gasteiger partial charge in [0.25, 0.3) is 10.0 Å². The molecule has 0 bridgehead atoms. The van der Waals surface area contributed by atoms with Crippen LogP contribution < -0.4 is 5.32 Å². The summed E-state index contributed by atoms with van der Waals surface area (Å²) in [5.74, 6) is 0.852. The molecule has 0 unspecified atom stereocenters. The Morgan fingerprint density at radius 2 is 1.82 bits per heavy atom. The van der Waals surface area contributed by atoms with Gasteiger partial charge in [-0.25, -0.2) is 18.4 Å². The van der Waals surface area contributed by atoms with Crippen LogP contribution in [0.1, 0.15) is 31.2 Å². The topological polar surface area (TPSA) is 75.2 Å². The monoisotopic (exact) mass is 510 g/mol. The maximum atomic E-state index is 13.3. The van der Waals surface area contributed by atoms with Gasteiger partial charge in [0.2, 0.25) is 0 Å². The van der Waals surface area contributed by atoms with Crippen LogP contribution in [0.3, 0.4) is 0 Å². The van der Waals surface area contributed by atoms with Crippen LogP contribution in [0.25, 0.3) is 22.0 Å². The van der Waals surface area contributed by atoms with Gasteiger partial charge in [0.05, 0.1) is 5.52 Å². The molecule has 2 saturated carbocycles. The van der Waals surface area contributed by atoms with E-state index in [4.69, 9.17) is 11.6 Å². The van der Waals surface area contributed by atoms with Crippen molar-refractivity contribution in [1.82, 2.24) is 14.3 Å². The molecule has 6 nitrogen and oxygen atoms in total. The van der Waals surface area contributed by atoms with E-state index >= 15 is 0 Å². The molecule has 2 aliphatic rings. The molecule has 2 fully saturated rings. The predicted octanol–water partition coefficient (Wildman–Crippen LogP) is 5.94. The lowest BCUT2D eigenvalue weighted by Crippen LogP contribution is -2.32. The van der Waals surface area contributed by atoms with Crippen molar-refractivity contribution in [1.29, 1.82) is 0 Å². The molecular formula is C25H23ClN4O2S2. The van der Waals surface area contributed by atoms with Gasteiger partial charge < -0.3 is 5.32 Å². The van der Waals surface area contributed by atoms with Crippen molar-refractivity contribution >= 4 is 49.7 Å². The molecule has 6 rings (SSSR count). The van der Waals surface area contributed by atoms with Crippen LogP contribution in [0.15, 0.2) is 64.4 Å². The Bertz CT molecular complexity index is 1470. The Balaban J connectivity index is 1.35. The van der Waals surface area contributed by atoms with Crippen molar-refractivity contribution in [3.8, 4) is 11.1 Å². The number of hydrogen-bond donors (Lipinski definition) is 1. The summed E-state index contributed by atoms with van der Waals surface area (Å²) in [5, 5.41) is 6.82. The van der Waals surface area contributed by atoms with Gasteiger partial charge in [-0.2, -0.15) is 4.31 Å². The number of halogens is 1. The van der Waals surface area contributed by atoms with E-state index in [1.54, 1.807) is 28.1 Å². The molecule has 2 heterocycles. The summed E-state index contributed by atoms with van der Waals surface area (Å²) in [5.41, 5.74) is 3.68. The number of sulfonamides is 1. The molecular weight excluding hydrogens is 488 g/mol. The average Bonchev–Trinajstić information content (AvgIpc) is 3.77. The van der Waals surface area contributed by atoms with E-state index in [2.05, 4.69) is 21.4 Å². The smallest absolute Gasteiger partial charge is 0.253 e. The van der Waals surface area contributed by atoms with E-state index in [9.17, 15) is 8.42 Å². The second-order valence-electron chi connectivity index (χ2n) is 8.89. The maximum absolute atomic E-state index is 13.3. The summed E-state index contributed by atoms with van der Waals surface area (Å²) in [6.07, 6.45) is 5.68. The third-order valence-electron chi connectivity index (χ3n) is 6.27. The van der Waals surface area contributed by atoms with E-state index in [0.29, 0.717) is 15.3 Å². The zero-order chi connectivity index (χ0) is 23.3. The summed E-state index contributed by atoms with van der Waals surface area (Å²) in [7, 11) is -3.56. The fraction of sp³-hybridized carbons (Fsp3) is 0.280. The Morgan fingerprint density at radius 3 is 2.56 bits per heavy atom. The Kier molecular flexibility index (Phi) is 5.56. The van der Waals surface area contributed by atoms with Gasteiger partial charge >= 0.3 is 0 Å². The van der Waals surface area contributed by atoms with E-state index in [1.807, 2.05) is 30.3 Å². The van der Waals surface area contributed by atoms with Gasteiger partial charge in [0, 0.05) is 29.0 Å². The Labute approximate surface area is 207 Å². The number of thiophene rings is 1. The molecule has 2 aliphatic carbocycles. The van der Waals surface area contributed by atoms with E-state index in [1.165, 1.54) is 11.3 Å². The molecule has 1 N–H and O–H groups in total. The lowest BCUT2D eigenvalue weighted by atomic mass is 10.0. The van der Waals surface area contributed by atoms with E-state index in [0.717, 1.165) is 59.1 Å². The fourth-order valence-corrected chi connectivity index (χ4v) is 7.07. The fourth-order valence-electron chi connectivity index (χ4n) is 4.11. The first-order valence-corrected chi connectivity index (χ1v) is 14.0. The predicted molar refractivity (Wildman–Crippen MR) is 137 cm³/mol. The largest absolute Gasteiger partial charge is 0.367 e. The third kappa shape index (κ3) is 4.31. The second kappa shape index (κ2) is 8.61. The van der Waals surface area contributed by atoms with Crippen LogP contribution in [-0.4, -0.2) is 34.8 Å². The number of nitrogens with one attached hydrogen (secondary N) is 1. The van der Waals surface area contributed by atoms with Crippen LogP contribution in [0.2, 0.25) is 5.02 Å². The van der Waals surface area contributed by atoms with Gasteiger partial charge in [-0.15, -0.1) is 11.3 Å². The van der Waals surface area contributed by atoms with Crippen molar-refractivity contribution in [2.75, 3.05) is 5.32 Å². The Hall–Kier alpha value is -2.52. The first kappa shape index (κ1) is 22.0. The molecule has 0 radical (unpaired) electrons. The highest BCUT2D eigenvalue weighted by Gasteiger charge is 2.38. The Morgan fingerprint density at radius 1 is 1.03 bits per heavy atom. The minimum absolute atomic E-state index is 0.0284. The molecule has 0 atom stereocenters. The molecule has 4 aromatic rings. The number of benzene rings is 2. The zero-order valence-electron chi connectivity index (χ0n) is 18.3. The van der Waals surface area contributed by atoms with Crippen molar-refractivity contribution in [2.24, 2.45) is 0 Å². The number of nitrogens with zero attached hydrogens (tertiary/aromatic N) is 3. The zero-order valence-corrected chi connectivity index (χ0v) is 20.7. The minimum Gasteiger partial charge on any atom is -0.367 e. The summed E-state index contributed by atoms with van der Waals surface area (Å²) in [6.45, 7) is 0.253. The van der Waals surface area contributed by atoms with Gasteiger partial charge in [0.1, 0.15) is 16.4 Å². The van der Waals surface area contributed by atoms with Crippen molar-refractivity contribution in [3.05, 3.63) is 70.8 Å². The first-order chi connectivity index (χ1) is 16.5. The average molecular weight is 511 g/mol. The number of rotatable bonds is 8. The third-order valence-corrected chi connectivity index (χ3v) is 9.91. The van der Waals surface area contributed by atoms with Crippen LogP contribution in [0, 0.1) is 0 Å². The number of hydrogen-bond acceptors (Lipinski definition) is 6. The molecule has 0 aliphatic heterocycles. The lowest BCUT2D eigenvalue weighted by molar-refractivity contribution is 0.400. The van der Waals surface area contributed by atoms with Crippen LogP contribution in [0.5, 0.6) is 0 Å². The van der Waals surface area contributed by atoms with Gasteiger partial charge in [-0.3, -0.25) is 0 Å². The maximum Gasteiger partial charge on any atom is 0.253 e. The van der Waals surface area contributed by atoms with Gasteiger partial charge in [-0.05, 0) is 78.1 Å². The quantitative estimate of drug-likeness (QED) is 0.317. The molecule has 9 heteroatoms. The molecule has 0 amide bonds. The van der Waals surface area contributed by atoms with Crippen molar-refractivity contribution < 1.29 is 8.42 Å². The number of aromatic nitrogens is 2. The summed E-state index contributed by atoms with van der Waals surface area (Å²) < 4.78 is 28.6. The molecule has 0 spiro atoms. The normalized spacial score (nSPS) is 16.3. The highest BCUT2D eigenvalue weighted by molar-refractivity contribution is 7.91. The van der Waals surface area contributed by atoms with Crippen molar-refractivity contribution in [2.45, 2.75) is 48.5 Å². The van der Waals surface area contributed by atoms with Crippen LogP contribution >= 0.6 is 22.9 Å². The first-order valence-electron chi connectivity index (χ1n) is 11.3. The highest BCUT2D eigenvalue weighted by Crippen LogP contribution is 2.37. The van der Waals surface area contributed by atoms with Crippen LogP contribution in [-0.2, 0) is 16.6 Å². The van der Waals surface area contributed by atoms with E-state index in [-0.39, 0.29) is 12.6 Å². The summed E-state index contributed by atoms with van der Waals surface area (Å²) in [6, 6.07) is 15.9. The molecule has 0 saturated heterocycles. The molecule has 2 aromatic carbocycles. The highest BCUT2D eigenvalue weighted by atomic mass is 35.5. The number of anilines is 1. The lowest BCUT2D eigenvalue weighted by Gasteiger charge is -2.22. The molecule has 34 heavy (non-hydrogen) atoms. The van der Waals surface area contributed by atoms with Crippen molar-refractivity contribution in [3.63, 3.8) is 0 Å². The summed E-state index contributed by atoms with van der Waals surface area (Å²) in [4.78, 5) is 8.86.